The minimum atomic E-state index is -0.0510. The number of rotatable bonds is 5. The molecule has 2 fully saturated rings. The molecule has 3 heterocycles. The largest absolute Gasteiger partial charge is 0.493 e. The summed E-state index contributed by atoms with van der Waals surface area (Å²) < 4.78 is 12.6. The van der Waals surface area contributed by atoms with E-state index in [0.29, 0.717) is 18.0 Å². The maximum absolute atomic E-state index is 13.5. The lowest BCUT2D eigenvalue weighted by Crippen LogP contribution is -2.38. The fourth-order valence-electron chi connectivity index (χ4n) is 4.57. The number of amides is 1. The Kier molecular flexibility index (Phi) is 6.70. The number of nitrogens with one attached hydrogen (secondary N) is 1. The van der Waals surface area contributed by atoms with Crippen molar-refractivity contribution in [1.29, 1.82) is 0 Å². The average Bonchev–Trinajstić information content (AvgIpc) is 3.46. The maximum Gasteiger partial charge on any atom is 0.228 e. The molecule has 1 aromatic heterocycles. The molecule has 1 unspecified atom stereocenters. The third kappa shape index (κ3) is 4.07. The van der Waals surface area contributed by atoms with Crippen molar-refractivity contribution in [3.63, 3.8) is 0 Å². The second kappa shape index (κ2) is 9.05. The van der Waals surface area contributed by atoms with Crippen LogP contribution in [0.25, 0.3) is 0 Å². The van der Waals surface area contributed by atoms with E-state index >= 15 is 0 Å². The normalized spacial score (nSPS) is 23.7. The van der Waals surface area contributed by atoms with Crippen LogP contribution < -0.4 is 14.8 Å². The number of hydrogen-bond acceptors (Lipinski definition) is 5. The summed E-state index contributed by atoms with van der Waals surface area (Å²) in [6, 6.07) is 6.05. The van der Waals surface area contributed by atoms with Gasteiger partial charge in [0.2, 0.25) is 5.91 Å². The number of methoxy groups -OCH3 is 2. The summed E-state index contributed by atoms with van der Waals surface area (Å²) in [6.45, 7) is 2.33. The molecule has 4 rings (SSSR count). The van der Waals surface area contributed by atoms with Crippen LogP contribution in [0.5, 0.6) is 11.5 Å². The highest BCUT2D eigenvalue weighted by molar-refractivity contribution is 5.85. The predicted molar refractivity (Wildman–Crippen MR) is 113 cm³/mol. The molecule has 2 aliphatic rings. The first kappa shape index (κ1) is 21.5. The van der Waals surface area contributed by atoms with Crippen LogP contribution in [0.2, 0.25) is 0 Å². The fourth-order valence-corrected chi connectivity index (χ4v) is 4.57. The van der Waals surface area contributed by atoms with E-state index in [1.807, 2.05) is 37.6 Å². The van der Waals surface area contributed by atoms with Gasteiger partial charge in [-0.1, -0.05) is 6.07 Å². The van der Waals surface area contributed by atoms with E-state index in [1.54, 1.807) is 18.9 Å². The molecule has 1 aromatic carbocycles. The van der Waals surface area contributed by atoms with E-state index in [4.69, 9.17) is 9.47 Å². The molecule has 1 amide bonds. The Morgan fingerprint density at radius 1 is 1.17 bits per heavy atom. The Morgan fingerprint density at radius 3 is 2.66 bits per heavy atom. The first-order valence-electron chi connectivity index (χ1n) is 9.84. The second-order valence-electron chi connectivity index (χ2n) is 7.62. The quantitative estimate of drug-likeness (QED) is 0.805. The second-order valence-corrected chi connectivity index (χ2v) is 7.62. The highest BCUT2D eigenvalue weighted by Gasteiger charge is 2.40. The molecule has 0 spiro atoms. The molecule has 0 aliphatic carbocycles. The molecule has 2 aromatic rings. The number of benzene rings is 1. The molecule has 7 nitrogen and oxygen atoms in total. The number of carbonyl (C=O) groups is 1. The third-order valence-electron chi connectivity index (χ3n) is 6.01. The first-order valence-corrected chi connectivity index (χ1v) is 9.84. The predicted octanol–water partition coefficient (Wildman–Crippen LogP) is 2.53. The highest BCUT2D eigenvalue weighted by atomic mass is 35.5. The summed E-state index contributed by atoms with van der Waals surface area (Å²) in [5.41, 5.74) is 2.24. The molecule has 3 atom stereocenters. The maximum atomic E-state index is 13.5. The van der Waals surface area contributed by atoms with Crippen molar-refractivity contribution in [3.05, 3.63) is 41.7 Å². The molecule has 29 heavy (non-hydrogen) atoms. The van der Waals surface area contributed by atoms with Gasteiger partial charge in [-0.25, -0.2) is 0 Å². The van der Waals surface area contributed by atoms with E-state index in [2.05, 4.69) is 15.3 Å². The monoisotopic (exact) mass is 420 g/mol. The van der Waals surface area contributed by atoms with Crippen molar-refractivity contribution in [3.8, 4) is 11.5 Å². The van der Waals surface area contributed by atoms with E-state index in [1.165, 1.54) is 0 Å². The Hall–Kier alpha value is -2.25. The average molecular weight is 421 g/mol. The number of carbonyl (C=O) groups excluding carboxylic acids is 1. The summed E-state index contributed by atoms with van der Waals surface area (Å²) in [5.74, 6) is 1.77. The van der Waals surface area contributed by atoms with Gasteiger partial charge in [-0.3, -0.25) is 9.48 Å². The minimum Gasteiger partial charge on any atom is -0.493 e. The van der Waals surface area contributed by atoms with Crippen LogP contribution in [-0.4, -0.2) is 54.4 Å². The van der Waals surface area contributed by atoms with Crippen LogP contribution in [0, 0.1) is 5.92 Å². The molecule has 0 radical (unpaired) electrons. The van der Waals surface area contributed by atoms with Gasteiger partial charge in [-0.2, -0.15) is 5.10 Å². The molecule has 2 aliphatic heterocycles. The lowest BCUT2D eigenvalue weighted by atomic mass is 9.89. The zero-order valence-electron chi connectivity index (χ0n) is 17.1. The molecule has 158 valence electrons. The van der Waals surface area contributed by atoms with Gasteiger partial charge in [0.25, 0.3) is 0 Å². The standard InChI is InChI=1S/C21H28N4O3.ClH/c1-24-13-15(10-23-24)16-11-22-12-17(16)21(26)25-8-4-5-18(25)14-6-7-19(27-2)20(9-14)28-3;/h6-7,9-10,13,16-18,22H,4-5,8,11-12H2,1-3H3;1H/t16-,17+,18?;/m1./s1. The summed E-state index contributed by atoms with van der Waals surface area (Å²) in [6.07, 6.45) is 5.89. The van der Waals surface area contributed by atoms with Crippen molar-refractivity contribution in [2.45, 2.75) is 24.8 Å². The SMILES string of the molecule is COc1ccc(C2CCCN2C(=O)[C@H]2CNC[C@@H]2c2cnn(C)c2)cc1OC.Cl. The van der Waals surface area contributed by atoms with E-state index < -0.39 is 0 Å². The highest BCUT2D eigenvalue weighted by Crippen LogP contribution is 2.39. The number of hydrogen-bond donors (Lipinski definition) is 1. The number of likely N-dealkylation sites (tertiary alicyclic amines) is 1. The van der Waals surface area contributed by atoms with Gasteiger partial charge in [0, 0.05) is 38.8 Å². The summed E-state index contributed by atoms with van der Waals surface area (Å²) in [4.78, 5) is 15.6. The van der Waals surface area contributed by atoms with Crippen molar-refractivity contribution in [1.82, 2.24) is 20.0 Å². The topological polar surface area (TPSA) is 68.6 Å². The van der Waals surface area contributed by atoms with E-state index in [0.717, 1.165) is 37.1 Å². The Labute approximate surface area is 177 Å². The van der Waals surface area contributed by atoms with Crippen LogP contribution in [0.3, 0.4) is 0 Å². The van der Waals surface area contributed by atoms with Gasteiger partial charge in [0.15, 0.2) is 11.5 Å². The van der Waals surface area contributed by atoms with Crippen LogP contribution >= 0.6 is 12.4 Å². The summed E-state index contributed by atoms with van der Waals surface area (Å²) in [7, 11) is 5.19. The van der Waals surface area contributed by atoms with Crippen LogP contribution in [0.15, 0.2) is 30.6 Å². The third-order valence-corrected chi connectivity index (χ3v) is 6.01. The van der Waals surface area contributed by atoms with Gasteiger partial charge >= 0.3 is 0 Å². The van der Waals surface area contributed by atoms with Gasteiger partial charge in [0.1, 0.15) is 0 Å². The van der Waals surface area contributed by atoms with Crippen molar-refractivity contribution < 1.29 is 14.3 Å². The van der Waals surface area contributed by atoms with Gasteiger partial charge in [0.05, 0.1) is 32.4 Å². The number of nitrogens with zero attached hydrogens (tertiary/aromatic N) is 3. The number of halogens is 1. The number of aromatic nitrogens is 2. The van der Waals surface area contributed by atoms with Crippen LogP contribution in [-0.2, 0) is 11.8 Å². The van der Waals surface area contributed by atoms with Crippen LogP contribution in [0.4, 0.5) is 0 Å². The molecule has 2 saturated heterocycles. The van der Waals surface area contributed by atoms with Crippen molar-refractivity contribution in [2.24, 2.45) is 13.0 Å². The Morgan fingerprint density at radius 2 is 1.97 bits per heavy atom. The van der Waals surface area contributed by atoms with Gasteiger partial charge in [-0.05, 0) is 36.1 Å². The molecular formula is C21H29ClN4O3. The zero-order chi connectivity index (χ0) is 19.7. The number of aryl methyl sites for hydroxylation is 1. The molecule has 0 bridgehead atoms. The first-order chi connectivity index (χ1) is 13.6. The van der Waals surface area contributed by atoms with Gasteiger partial charge in [-0.15, -0.1) is 12.4 Å². The Bertz CT molecular complexity index is 856. The fraction of sp³-hybridized carbons (Fsp3) is 0.524. The van der Waals surface area contributed by atoms with E-state index in [-0.39, 0.29) is 36.2 Å². The van der Waals surface area contributed by atoms with Crippen LogP contribution in [0.1, 0.15) is 35.9 Å². The van der Waals surface area contributed by atoms with Gasteiger partial charge < -0.3 is 19.7 Å². The lowest BCUT2D eigenvalue weighted by molar-refractivity contribution is -0.136. The number of ether oxygens (including phenoxy) is 2. The van der Waals surface area contributed by atoms with Crippen molar-refractivity contribution >= 4 is 18.3 Å². The van der Waals surface area contributed by atoms with Crippen molar-refractivity contribution in [2.75, 3.05) is 33.9 Å². The minimum absolute atomic E-state index is 0. The van der Waals surface area contributed by atoms with E-state index in [9.17, 15) is 4.79 Å². The molecular weight excluding hydrogens is 392 g/mol. The summed E-state index contributed by atoms with van der Waals surface area (Å²) in [5, 5.41) is 7.69. The smallest absolute Gasteiger partial charge is 0.228 e. The Balaban J connectivity index is 0.00000240. The lowest BCUT2D eigenvalue weighted by Gasteiger charge is -2.30. The molecule has 0 saturated carbocycles. The molecule has 1 N–H and O–H groups in total. The molecule has 8 heteroatoms. The zero-order valence-corrected chi connectivity index (χ0v) is 17.9. The summed E-state index contributed by atoms with van der Waals surface area (Å²) >= 11 is 0.